The first-order valence-electron chi connectivity index (χ1n) is 8.33. The quantitative estimate of drug-likeness (QED) is 0.799. The Hall–Kier alpha value is -2.47. The summed E-state index contributed by atoms with van der Waals surface area (Å²) in [5.74, 6) is 0.811. The monoisotopic (exact) mass is 323 g/mol. The summed E-state index contributed by atoms with van der Waals surface area (Å²) in [6.07, 6.45) is 5.91. The molecule has 6 heteroatoms. The molecule has 1 N–H and O–H groups in total. The smallest absolute Gasteiger partial charge is 0.168 e. The van der Waals surface area contributed by atoms with Crippen LogP contribution in [-0.4, -0.2) is 39.0 Å². The van der Waals surface area contributed by atoms with Gasteiger partial charge in [-0.05, 0) is 49.9 Å². The van der Waals surface area contributed by atoms with Crippen molar-refractivity contribution in [2.45, 2.75) is 32.8 Å². The molecule has 4 rings (SSSR count). The number of ether oxygens (including phenoxy) is 1. The fourth-order valence-electron chi connectivity index (χ4n) is 3.26. The van der Waals surface area contributed by atoms with E-state index in [2.05, 4.69) is 52.4 Å². The fraction of sp³-hybridized carbons (Fsp3) is 0.389. The predicted octanol–water partition coefficient (Wildman–Crippen LogP) is 3.02. The van der Waals surface area contributed by atoms with Gasteiger partial charge in [0.1, 0.15) is 12.1 Å². The molecule has 0 radical (unpaired) electrons. The van der Waals surface area contributed by atoms with E-state index in [1.54, 1.807) is 6.33 Å². The third-order valence-electron chi connectivity index (χ3n) is 4.34. The second-order valence-electron chi connectivity index (χ2n) is 6.38. The van der Waals surface area contributed by atoms with Crippen LogP contribution in [0.15, 0.2) is 30.7 Å². The van der Waals surface area contributed by atoms with Gasteiger partial charge in [0.25, 0.3) is 0 Å². The Labute approximate surface area is 140 Å². The van der Waals surface area contributed by atoms with Crippen LogP contribution in [0.4, 0.5) is 5.82 Å². The fourth-order valence-corrected chi connectivity index (χ4v) is 3.26. The van der Waals surface area contributed by atoms with Crippen LogP contribution in [0.25, 0.3) is 16.7 Å². The highest BCUT2D eigenvalue weighted by Gasteiger charge is 2.17. The number of hydrogen-bond donors (Lipinski definition) is 1. The van der Waals surface area contributed by atoms with Crippen LogP contribution >= 0.6 is 0 Å². The summed E-state index contributed by atoms with van der Waals surface area (Å²) in [7, 11) is 0. The normalized spacial score (nSPS) is 17.5. The molecule has 0 saturated carbocycles. The maximum absolute atomic E-state index is 5.66. The van der Waals surface area contributed by atoms with E-state index in [0.717, 1.165) is 48.5 Å². The average molecular weight is 323 g/mol. The molecule has 124 valence electrons. The number of aryl methyl sites for hydroxylation is 2. The van der Waals surface area contributed by atoms with Crippen molar-refractivity contribution >= 4 is 16.9 Å². The Morgan fingerprint density at radius 1 is 1.21 bits per heavy atom. The molecule has 0 spiro atoms. The van der Waals surface area contributed by atoms with Crippen LogP contribution in [0.5, 0.6) is 0 Å². The molecule has 6 nitrogen and oxygen atoms in total. The zero-order valence-electron chi connectivity index (χ0n) is 14.0. The molecule has 3 heterocycles. The highest BCUT2D eigenvalue weighted by atomic mass is 16.5. The number of nitrogens with zero attached hydrogens (tertiary/aromatic N) is 4. The largest absolute Gasteiger partial charge is 0.376 e. The Morgan fingerprint density at radius 2 is 2.04 bits per heavy atom. The van der Waals surface area contributed by atoms with Gasteiger partial charge >= 0.3 is 0 Å². The summed E-state index contributed by atoms with van der Waals surface area (Å²) < 4.78 is 7.53. The van der Waals surface area contributed by atoms with E-state index < -0.39 is 0 Å². The molecule has 1 fully saturated rings. The SMILES string of the molecule is Cc1cc(C)cc(-n2ncc3c(NCC4CCCO4)ncnc32)c1. The standard InChI is InChI=1S/C18H21N5O/c1-12-6-13(2)8-14(7-12)23-18-16(10-22-23)17(20-11-21-18)19-9-15-4-3-5-24-15/h6-8,10-11,15H,3-5,9H2,1-2H3,(H,19,20,21). The van der Waals surface area contributed by atoms with Crippen molar-refractivity contribution in [3.63, 3.8) is 0 Å². The summed E-state index contributed by atoms with van der Waals surface area (Å²) in [6.45, 7) is 5.80. The lowest BCUT2D eigenvalue weighted by Crippen LogP contribution is -2.19. The Bertz CT molecular complexity index is 847. The molecule has 0 amide bonds. The first-order chi connectivity index (χ1) is 11.7. The summed E-state index contributed by atoms with van der Waals surface area (Å²) in [5.41, 5.74) is 4.25. The third kappa shape index (κ3) is 2.85. The second kappa shape index (κ2) is 6.20. The van der Waals surface area contributed by atoms with Gasteiger partial charge in [0, 0.05) is 13.2 Å². The lowest BCUT2D eigenvalue weighted by molar-refractivity contribution is 0.120. The molecular formula is C18H21N5O. The van der Waals surface area contributed by atoms with Crippen LogP contribution in [0.1, 0.15) is 24.0 Å². The van der Waals surface area contributed by atoms with Crippen molar-refractivity contribution in [3.8, 4) is 5.69 Å². The zero-order chi connectivity index (χ0) is 16.5. The second-order valence-corrected chi connectivity index (χ2v) is 6.38. The van der Waals surface area contributed by atoms with Crippen molar-refractivity contribution in [2.75, 3.05) is 18.5 Å². The Balaban J connectivity index is 1.67. The number of anilines is 1. The van der Waals surface area contributed by atoms with E-state index in [9.17, 15) is 0 Å². The minimum atomic E-state index is 0.268. The molecule has 1 unspecified atom stereocenters. The molecule has 3 aromatic rings. The van der Waals surface area contributed by atoms with Crippen molar-refractivity contribution in [1.29, 1.82) is 0 Å². The van der Waals surface area contributed by atoms with Crippen molar-refractivity contribution in [2.24, 2.45) is 0 Å². The highest BCUT2D eigenvalue weighted by molar-refractivity contribution is 5.87. The molecule has 1 saturated heterocycles. The molecule has 1 aliphatic heterocycles. The lowest BCUT2D eigenvalue weighted by atomic mass is 10.1. The van der Waals surface area contributed by atoms with E-state index in [0.29, 0.717) is 0 Å². The van der Waals surface area contributed by atoms with Gasteiger partial charge in [-0.2, -0.15) is 5.10 Å². The van der Waals surface area contributed by atoms with E-state index in [4.69, 9.17) is 4.74 Å². The van der Waals surface area contributed by atoms with Crippen molar-refractivity contribution in [3.05, 3.63) is 41.9 Å². The maximum atomic E-state index is 5.66. The van der Waals surface area contributed by atoms with E-state index >= 15 is 0 Å². The number of rotatable bonds is 4. The maximum Gasteiger partial charge on any atom is 0.168 e. The van der Waals surface area contributed by atoms with Gasteiger partial charge < -0.3 is 10.1 Å². The highest BCUT2D eigenvalue weighted by Crippen LogP contribution is 2.23. The molecule has 1 atom stereocenters. The predicted molar refractivity (Wildman–Crippen MR) is 93.6 cm³/mol. The molecule has 0 aliphatic carbocycles. The minimum Gasteiger partial charge on any atom is -0.376 e. The number of benzene rings is 1. The van der Waals surface area contributed by atoms with Crippen LogP contribution in [0.2, 0.25) is 0 Å². The summed E-state index contributed by atoms with van der Waals surface area (Å²) in [4.78, 5) is 8.81. The molecule has 1 aliphatic rings. The van der Waals surface area contributed by atoms with E-state index in [1.165, 1.54) is 11.1 Å². The topological polar surface area (TPSA) is 64.9 Å². The number of nitrogens with one attached hydrogen (secondary N) is 1. The number of fused-ring (bicyclic) bond motifs is 1. The van der Waals surface area contributed by atoms with Crippen molar-refractivity contribution < 1.29 is 4.74 Å². The van der Waals surface area contributed by atoms with Gasteiger partial charge in [0.15, 0.2) is 5.65 Å². The average Bonchev–Trinajstić information content (AvgIpc) is 3.21. The van der Waals surface area contributed by atoms with Gasteiger partial charge in [-0.15, -0.1) is 0 Å². The van der Waals surface area contributed by atoms with Crippen LogP contribution in [0, 0.1) is 13.8 Å². The van der Waals surface area contributed by atoms with E-state index in [-0.39, 0.29) is 6.10 Å². The molecular weight excluding hydrogens is 302 g/mol. The van der Waals surface area contributed by atoms with Gasteiger partial charge in [-0.3, -0.25) is 0 Å². The third-order valence-corrected chi connectivity index (χ3v) is 4.34. The van der Waals surface area contributed by atoms with Gasteiger partial charge in [-0.25, -0.2) is 14.6 Å². The Morgan fingerprint density at radius 3 is 2.79 bits per heavy atom. The Kier molecular flexibility index (Phi) is 3.90. The zero-order valence-corrected chi connectivity index (χ0v) is 14.0. The first kappa shape index (κ1) is 15.1. The van der Waals surface area contributed by atoms with Crippen molar-refractivity contribution in [1.82, 2.24) is 19.7 Å². The minimum absolute atomic E-state index is 0.268. The van der Waals surface area contributed by atoms with Crippen LogP contribution in [0.3, 0.4) is 0 Å². The number of hydrogen-bond acceptors (Lipinski definition) is 5. The molecule has 1 aromatic carbocycles. The van der Waals surface area contributed by atoms with E-state index in [1.807, 2.05) is 10.9 Å². The first-order valence-corrected chi connectivity index (χ1v) is 8.33. The van der Waals surface area contributed by atoms with Gasteiger partial charge in [0.05, 0.1) is 23.4 Å². The lowest BCUT2D eigenvalue weighted by Gasteiger charge is -2.11. The molecule has 2 aromatic heterocycles. The van der Waals surface area contributed by atoms with Gasteiger partial charge in [-0.1, -0.05) is 6.07 Å². The van der Waals surface area contributed by atoms with Gasteiger partial charge in [0.2, 0.25) is 0 Å². The summed E-state index contributed by atoms with van der Waals surface area (Å²) in [6, 6.07) is 6.38. The molecule has 24 heavy (non-hydrogen) atoms. The summed E-state index contributed by atoms with van der Waals surface area (Å²) >= 11 is 0. The summed E-state index contributed by atoms with van der Waals surface area (Å²) in [5, 5.41) is 8.84. The van der Waals surface area contributed by atoms with Crippen LogP contribution < -0.4 is 5.32 Å². The van der Waals surface area contributed by atoms with Crippen LogP contribution in [-0.2, 0) is 4.74 Å². The number of aromatic nitrogens is 4. The molecule has 0 bridgehead atoms.